The Morgan fingerprint density at radius 3 is 1.96 bits per heavy atom. The first-order valence-electron chi connectivity index (χ1n) is 10.7. The summed E-state index contributed by atoms with van der Waals surface area (Å²) in [5.41, 5.74) is 1.47. The summed E-state index contributed by atoms with van der Waals surface area (Å²) >= 11 is 0. The smallest absolute Gasteiger partial charge is 0.00516 e. The van der Waals surface area contributed by atoms with Crippen LogP contribution in [0.5, 0.6) is 0 Å². The molecular weight excluding hydrogens is 294 g/mol. The van der Waals surface area contributed by atoms with Crippen molar-refractivity contribution in [1.29, 1.82) is 0 Å². The van der Waals surface area contributed by atoms with E-state index in [0.29, 0.717) is 0 Å². The Balaban J connectivity index is 1.16. The summed E-state index contributed by atoms with van der Waals surface area (Å²) in [4.78, 5) is 8.11. The second-order valence-corrected chi connectivity index (χ2v) is 10.0. The summed E-state index contributed by atoms with van der Waals surface area (Å²) in [6.45, 7) is 17.9. The number of rotatable bonds is 4. The molecule has 1 aliphatic carbocycles. The highest BCUT2D eigenvalue weighted by molar-refractivity contribution is 5.02. The molecule has 0 amide bonds. The summed E-state index contributed by atoms with van der Waals surface area (Å²) in [6, 6.07) is 0.745. The van der Waals surface area contributed by atoms with E-state index in [-0.39, 0.29) is 0 Å². The van der Waals surface area contributed by atoms with Gasteiger partial charge in [-0.3, -0.25) is 0 Å². The molecule has 0 atom stereocenters. The van der Waals surface area contributed by atoms with Crippen LogP contribution in [0.1, 0.15) is 59.3 Å². The highest BCUT2D eigenvalue weighted by Gasteiger charge is 2.49. The monoisotopic (exact) mass is 333 g/mol. The molecule has 4 aliphatic rings. The molecule has 0 unspecified atom stereocenters. The van der Waals surface area contributed by atoms with E-state index in [1.54, 1.807) is 0 Å². The van der Waals surface area contributed by atoms with Crippen molar-refractivity contribution < 1.29 is 0 Å². The second kappa shape index (κ2) is 6.55. The van der Waals surface area contributed by atoms with E-state index in [0.717, 1.165) is 22.8 Å². The summed E-state index contributed by atoms with van der Waals surface area (Å²) in [7, 11) is 0. The maximum atomic E-state index is 2.79. The SMILES string of the molecule is CCN1CCC2(CC1)CN(CC1CC3(CCN(C(C)C)CC3)C1)C2. The van der Waals surface area contributed by atoms with Crippen molar-refractivity contribution in [2.75, 3.05) is 52.4 Å². The third-order valence-corrected chi connectivity index (χ3v) is 8.03. The van der Waals surface area contributed by atoms with Crippen molar-refractivity contribution in [1.82, 2.24) is 14.7 Å². The minimum Gasteiger partial charge on any atom is -0.304 e. The fraction of sp³-hybridized carbons (Fsp3) is 1.00. The Morgan fingerprint density at radius 2 is 1.42 bits per heavy atom. The molecule has 4 rings (SSSR count). The highest BCUT2D eigenvalue weighted by atomic mass is 15.2. The van der Waals surface area contributed by atoms with E-state index in [4.69, 9.17) is 0 Å². The lowest BCUT2D eigenvalue weighted by Crippen LogP contribution is -2.62. The molecule has 3 aliphatic heterocycles. The van der Waals surface area contributed by atoms with Gasteiger partial charge in [0.25, 0.3) is 0 Å². The zero-order valence-corrected chi connectivity index (χ0v) is 16.4. The van der Waals surface area contributed by atoms with Gasteiger partial charge in [-0.2, -0.15) is 0 Å². The minimum absolute atomic E-state index is 0.718. The van der Waals surface area contributed by atoms with E-state index in [1.165, 1.54) is 90.9 Å². The van der Waals surface area contributed by atoms with Crippen LogP contribution in [0.2, 0.25) is 0 Å². The summed E-state index contributed by atoms with van der Waals surface area (Å²) in [5.74, 6) is 1.02. The van der Waals surface area contributed by atoms with Gasteiger partial charge < -0.3 is 14.7 Å². The normalized spacial score (nSPS) is 31.5. The highest BCUT2D eigenvalue weighted by Crippen LogP contribution is 2.53. The molecule has 0 aromatic heterocycles. The molecule has 3 nitrogen and oxygen atoms in total. The molecule has 0 aromatic carbocycles. The van der Waals surface area contributed by atoms with Gasteiger partial charge in [-0.25, -0.2) is 0 Å². The van der Waals surface area contributed by atoms with E-state index in [2.05, 4.69) is 35.5 Å². The number of likely N-dealkylation sites (tertiary alicyclic amines) is 3. The molecule has 3 heterocycles. The van der Waals surface area contributed by atoms with Crippen molar-refractivity contribution in [2.24, 2.45) is 16.7 Å². The molecule has 0 bridgehead atoms. The van der Waals surface area contributed by atoms with Crippen molar-refractivity contribution in [3.05, 3.63) is 0 Å². The molecule has 0 N–H and O–H groups in total. The van der Waals surface area contributed by atoms with Crippen molar-refractivity contribution in [3.8, 4) is 0 Å². The Hall–Kier alpha value is -0.120. The number of nitrogens with zero attached hydrogens (tertiary/aromatic N) is 3. The van der Waals surface area contributed by atoms with Gasteiger partial charge in [0, 0.05) is 25.7 Å². The lowest BCUT2D eigenvalue weighted by atomic mass is 9.57. The molecule has 138 valence electrons. The van der Waals surface area contributed by atoms with Crippen LogP contribution in [0.15, 0.2) is 0 Å². The van der Waals surface area contributed by atoms with Crippen molar-refractivity contribution in [2.45, 2.75) is 65.3 Å². The summed E-state index contributed by atoms with van der Waals surface area (Å²) in [5, 5.41) is 0. The fourth-order valence-corrected chi connectivity index (χ4v) is 6.27. The van der Waals surface area contributed by atoms with E-state index in [1.807, 2.05) is 0 Å². The summed E-state index contributed by atoms with van der Waals surface area (Å²) in [6.07, 6.45) is 8.92. The van der Waals surface area contributed by atoms with Crippen LogP contribution < -0.4 is 0 Å². The van der Waals surface area contributed by atoms with Crippen LogP contribution in [0.25, 0.3) is 0 Å². The molecule has 3 saturated heterocycles. The van der Waals surface area contributed by atoms with Crippen LogP contribution in [0, 0.1) is 16.7 Å². The molecule has 4 fully saturated rings. The molecule has 3 heteroatoms. The van der Waals surface area contributed by atoms with Crippen molar-refractivity contribution >= 4 is 0 Å². The maximum Gasteiger partial charge on any atom is 0.00516 e. The Bertz CT molecular complexity index is 414. The van der Waals surface area contributed by atoms with Crippen LogP contribution in [-0.4, -0.2) is 73.1 Å². The van der Waals surface area contributed by atoms with E-state index < -0.39 is 0 Å². The standard InChI is InChI=1S/C21H39N3/c1-4-22-9-5-21(6-10-22)16-23(17-21)15-19-13-20(14-19)7-11-24(12-8-20)18(2)3/h18-19H,4-17H2,1-3H3. The predicted octanol–water partition coefficient (Wildman–Crippen LogP) is 3.30. The average molecular weight is 334 g/mol. The zero-order chi connectivity index (χ0) is 16.8. The Labute approximate surface area is 149 Å². The molecule has 1 saturated carbocycles. The largest absolute Gasteiger partial charge is 0.304 e. The van der Waals surface area contributed by atoms with Gasteiger partial charge in [0.1, 0.15) is 0 Å². The topological polar surface area (TPSA) is 9.72 Å². The summed E-state index contributed by atoms with van der Waals surface area (Å²) < 4.78 is 0. The first-order valence-corrected chi connectivity index (χ1v) is 10.7. The number of hydrogen-bond acceptors (Lipinski definition) is 3. The lowest BCUT2D eigenvalue weighted by Gasteiger charge is -2.58. The van der Waals surface area contributed by atoms with E-state index >= 15 is 0 Å². The Morgan fingerprint density at radius 1 is 0.833 bits per heavy atom. The quantitative estimate of drug-likeness (QED) is 0.781. The van der Waals surface area contributed by atoms with Gasteiger partial charge in [-0.05, 0) is 102 Å². The first kappa shape index (κ1) is 17.3. The zero-order valence-electron chi connectivity index (χ0n) is 16.4. The number of hydrogen-bond donors (Lipinski definition) is 0. The minimum atomic E-state index is 0.718. The third kappa shape index (κ3) is 3.29. The maximum absolute atomic E-state index is 2.79. The third-order valence-electron chi connectivity index (χ3n) is 8.03. The number of piperidine rings is 2. The van der Waals surface area contributed by atoms with Gasteiger partial charge in [0.2, 0.25) is 0 Å². The molecule has 0 radical (unpaired) electrons. The molecule has 0 aromatic rings. The van der Waals surface area contributed by atoms with Gasteiger partial charge >= 0.3 is 0 Å². The first-order chi connectivity index (χ1) is 11.5. The average Bonchev–Trinajstić information content (AvgIpc) is 2.53. The van der Waals surface area contributed by atoms with Crippen LogP contribution in [0.4, 0.5) is 0 Å². The van der Waals surface area contributed by atoms with Gasteiger partial charge in [0.05, 0.1) is 0 Å². The predicted molar refractivity (Wildman–Crippen MR) is 101 cm³/mol. The molecule has 2 spiro atoms. The van der Waals surface area contributed by atoms with Crippen LogP contribution >= 0.6 is 0 Å². The fourth-order valence-electron chi connectivity index (χ4n) is 6.27. The molecule has 24 heavy (non-hydrogen) atoms. The van der Waals surface area contributed by atoms with Crippen LogP contribution in [-0.2, 0) is 0 Å². The molecular formula is C21H39N3. The van der Waals surface area contributed by atoms with Crippen LogP contribution in [0.3, 0.4) is 0 Å². The second-order valence-electron chi connectivity index (χ2n) is 10.0. The van der Waals surface area contributed by atoms with Gasteiger partial charge in [-0.1, -0.05) is 6.92 Å². The van der Waals surface area contributed by atoms with Crippen molar-refractivity contribution in [3.63, 3.8) is 0 Å². The lowest BCUT2D eigenvalue weighted by molar-refractivity contribution is -0.0847. The Kier molecular flexibility index (Phi) is 4.73. The van der Waals surface area contributed by atoms with Gasteiger partial charge in [-0.15, -0.1) is 0 Å². The van der Waals surface area contributed by atoms with E-state index in [9.17, 15) is 0 Å². The van der Waals surface area contributed by atoms with Gasteiger partial charge in [0.15, 0.2) is 0 Å².